The van der Waals surface area contributed by atoms with Crippen molar-refractivity contribution in [2.24, 2.45) is 5.84 Å². The Balaban J connectivity index is 1.99. The van der Waals surface area contributed by atoms with Crippen LogP contribution >= 0.6 is 0 Å². The number of benzene rings is 1. The molecule has 1 fully saturated rings. The third-order valence-electron chi connectivity index (χ3n) is 3.47. The molecule has 1 aromatic heterocycles. The van der Waals surface area contributed by atoms with E-state index in [2.05, 4.69) is 10.4 Å². The van der Waals surface area contributed by atoms with Crippen LogP contribution in [0.1, 0.15) is 18.4 Å². The fraction of sp³-hybridized carbons (Fsp3) is 0.286. The molecule has 19 heavy (non-hydrogen) atoms. The van der Waals surface area contributed by atoms with Crippen LogP contribution in [0.4, 0.5) is 5.82 Å². The maximum absolute atomic E-state index is 11.7. The van der Waals surface area contributed by atoms with Gasteiger partial charge in [-0.2, -0.15) is 0 Å². The first-order valence-corrected chi connectivity index (χ1v) is 6.41. The smallest absolute Gasteiger partial charge is 0.222 e. The summed E-state index contributed by atoms with van der Waals surface area (Å²) in [4.78, 5) is 18.0. The maximum atomic E-state index is 11.7. The number of nitrogens with two attached hydrogens (primary N) is 1. The molecule has 1 aliphatic rings. The summed E-state index contributed by atoms with van der Waals surface area (Å²) in [6.45, 7) is 1.38. The van der Waals surface area contributed by atoms with Gasteiger partial charge in [-0.05, 0) is 18.6 Å². The van der Waals surface area contributed by atoms with E-state index in [0.29, 0.717) is 18.8 Å². The number of hydrazine groups is 1. The SMILES string of the molecule is NNc1nc2ccccc2cc1CN1CCCC1=O. The molecule has 3 rings (SSSR count). The van der Waals surface area contributed by atoms with E-state index in [9.17, 15) is 4.79 Å². The highest BCUT2D eigenvalue weighted by Crippen LogP contribution is 2.23. The predicted molar refractivity (Wildman–Crippen MR) is 74.2 cm³/mol. The number of hydrogen-bond acceptors (Lipinski definition) is 4. The fourth-order valence-corrected chi connectivity index (χ4v) is 2.48. The van der Waals surface area contributed by atoms with Crippen molar-refractivity contribution in [3.63, 3.8) is 0 Å². The molecule has 5 nitrogen and oxygen atoms in total. The third-order valence-corrected chi connectivity index (χ3v) is 3.47. The van der Waals surface area contributed by atoms with Gasteiger partial charge in [0.15, 0.2) is 0 Å². The molecular formula is C14H16N4O. The molecule has 0 aliphatic carbocycles. The monoisotopic (exact) mass is 256 g/mol. The first-order valence-electron chi connectivity index (χ1n) is 6.41. The second-order valence-electron chi connectivity index (χ2n) is 4.75. The Labute approximate surface area is 111 Å². The van der Waals surface area contributed by atoms with Crippen molar-refractivity contribution in [1.82, 2.24) is 9.88 Å². The molecule has 1 aliphatic heterocycles. The van der Waals surface area contributed by atoms with E-state index in [1.165, 1.54) is 0 Å². The van der Waals surface area contributed by atoms with Crippen molar-refractivity contribution in [3.8, 4) is 0 Å². The number of hydrogen-bond donors (Lipinski definition) is 2. The van der Waals surface area contributed by atoms with Gasteiger partial charge in [0.1, 0.15) is 5.82 Å². The van der Waals surface area contributed by atoms with Crippen LogP contribution in [0.2, 0.25) is 0 Å². The van der Waals surface area contributed by atoms with Crippen LogP contribution in [0.15, 0.2) is 30.3 Å². The highest BCUT2D eigenvalue weighted by Gasteiger charge is 2.21. The molecule has 0 bridgehead atoms. The minimum absolute atomic E-state index is 0.205. The van der Waals surface area contributed by atoms with Gasteiger partial charge in [0, 0.05) is 30.5 Å². The number of nitrogen functional groups attached to an aromatic ring is 1. The Morgan fingerprint density at radius 2 is 2.21 bits per heavy atom. The normalized spacial score (nSPS) is 15.2. The third kappa shape index (κ3) is 2.24. The van der Waals surface area contributed by atoms with Crippen molar-refractivity contribution < 1.29 is 4.79 Å². The van der Waals surface area contributed by atoms with Crippen molar-refractivity contribution >= 4 is 22.6 Å². The zero-order chi connectivity index (χ0) is 13.2. The van der Waals surface area contributed by atoms with Crippen LogP contribution in [0.25, 0.3) is 10.9 Å². The van der Waals surface area contributed by atoms with Gasteiger partial charge >= 0.3 is 0 Å². The summed E-state index contributed by atoms with van der Waals surface area (Å²) in [5.74, 6) is 6.38. The number of fused-ring (bicyclic) bond motifs is 1. The second-order valence-corrected chi connectivity index (χ2v) is 4.75. The number of pyridine rings is 1. The highest BCUT2D eigenvalue weighted by molar-refractivity contribution is 5.82. The number of para-hydroxylation sites is 1. The van der Waals surface area contributed by atoms with Crippen LogP contribution in [-0.4, -0.2) is 22.3 Å². The van der Waals surface area contributed by atoms with E-state index < -0.39 is 0 Å². The number of amides is 1. The van der Waals surface area contributed by atoms with E-state index in [1.54, 1.807) is 0 Å². The lowest BCUT2D eigenvalue weighted by Gasteiger charge is -2.18. The Morgan fingerprint density at radius 3 is 2.95 bits per heavy atom. The van der Waals surface area contributed by atoms with E-state index in [0.717, 1.165) is 29.4 Å². The van der Waals surface area contributed by atoms with Crippen molar-refractivity contribution in [1.29, 1.82) is 0 Å². The average Bonchev–Trinajstić information content (AvgIpc) is 2.83. The van der Waals surface area contributed by atoms with Crippen LogP contribution in [0.5, 0.6) is 0 Å². The van der Waals surface area contributed by atoms with Gasteiger partial charge in [0.25, 0.3) is 0 Å². The summed E-state index contributed by atoms with van der Waals surface area (Å²) in [6.07, 6.45) is 1.58. The van der Waals surface area contributed by atoms with Gasteiger partial charge in [0.05, 0.1) is 5.52 Å². The summed E-state index contributed by atoms with van der Waals surface area (Å²) < 4.78 is 0. The lowest BCUT2D eigenvalue weighted by Crippen LogP contribution is -2.25. The molecule has 0 unspecified atom stereocenters. The van der Waals surface area contributed by atoms with Crippen molar-refractivity contribution in [2.45, 2.75) is 19.4 Å². The lowest BCUT2D eigenvalue weighted by atomic mass is 10.1. The Kier molecular flexibility index (Phi) is 3.05. The molecule has 2 aromatic rings. The molecule has 2 heterocycles. The first kappa shape index (κ1) is 11.9. The molecule has 0 atom stereocenters. The first-order chi connectivity index (χ1) is 9.28. The molecule has 0 spiro atoms. The van der Waals surface area contributed by atoms with Gasteiger partial charge in [0.2, 0.25) is 5.91 Å². The Hall–Kier alpha value is -2.14. The van der Waals surface area contributed by atoms with E-state index in [1.807, 2.05) is 35.2 Å². The summed E-state index contributed by atoms with van der Waals surface area (Å²) in [6, 6.07) is 9.92. The number of anilines is 1. The zero-order valence-electron chi connectivity index (χ0n) is 10.6. The molecule has 3 N–H and O–H groups in total. The number of rotatable bonds is 3. The Morgan fingerprint density at radius 1 is 1.37 bits per heavy atom. The van der Waals surface area contributed by atoms with E-state index in [-0.39, 0.29) is 5.91 Å². The minimum atomic E-state index is 0.205. The fourth-order valence-electron chi connectivity index (χ4n) is 2.48. The number of aromatic nitrogens is 1. The molecule has 5 heteroatoms. The van der Waals surface area contributed by atoms with Gasteiger partial charge < -0.3 is 10.3 Å². The second kappa shape index (κ2) is 4.85. The van der Waals surface area contributed by atoms with Crippen molar-refractivity contribution in [2.75, 3.05) is 12.0 Å². The van der Waals surface area contributed by atoms with Crippen LogP contribution < -0.4 is 11.3 Å². The lowest BCUT2D eigenvalue weighted by molar-refractivity contribution is -0.128. The van der Waals surface area contributed by atoms with Gasteiger partial charge in [-0.25, -0.2) is 10.8 Å². The maximum Gasteiger partial charge on any atom is 0.222 e. The topological polar surface area (TPSA) is 71.2 Å². The molecule has 1 saturated heterocycles. The quantitative estimate of drug-likeness (QED) is 0.647. The molecule has 0 radical (unpaired) electrons. The molecule has 0 saturated carbocycles. The van der Waals surface area contributed by atoms with Crippen LogP contribution in [0.3, 0.4) is 0 Å². The van der Waals surface area contributed by atoms with Crippen LogP contribution in [0, 0.1) is 0 Å². The number of carbonyl (C=O) groups is 1. The van der Waals surface area contributed by atoms with E-state index in [4.69, 9.17) is 5.84 Å². The number of nitrogens with zero attached hydrogens (tertiary/aromatic N) is 2. The van der Waals surface area contributed by atoms with Gasteiger partial charge in [-0.15, -0.1) is 0 Å². The number of likely N-dealkylation sites (tertiary alicyclic amines) is 1. The van der Waals surface area contributed by atoms with Crippen molar-refractivity contribution in [3.05, 3.63) is 35.9 Å². The number of carbonyl (C=O) groups excluding carboxylic acids is 1. The standard InChI is InChI=1S/C14H16N4O/c15-17-14-11(9-18-7-3-6-13(18)19)8-10-4-1-2-5-12(10)16-14/h1-2,4-5,8H,3,6-7,9,15H2,(H,16,17). The van der Waals surface area contributed by atoms with Crippen LogP contribution in [-0.2, 0) is 11.3 Å². The van der Waals surface area contributed by atoms with Gasteiger partial charge in [-0.3, -0.25) is 4.79 Å². The summed E-state index contributed by atoms with van der Waals surface area (Å²) in [5, 5.41) is 1.06. The Bertz CT molecular complexity index is 626. The highest BCUT2D eigenvalue weighted by atomic mass is 16.2. The molecule has 98 valence electrons. The minimum Gasteiger partial charge on any atom is -0.338 e. The molecule has 1 amide bonds. The largest absolute Gasteiger partial charge is 0.338 e. The zero-order valence-corrected chi connectivity index (χ0v) is 10.6. The molecular weight excluding hydrogens is 240 g/mol. The number of nitrogens with one attached hydrogen (secondary N) is 1. The predicted octanol–water partition coefficient (Wildman–Crippen LogP) is 1.64. The summed E-state index contributed by atoms with van der Waals surface area (Å²) in [7, 11) is 0. The average molecular weight is 256 g/mol. The van der Waals surface area contributed by atoms with E-state index >= 15 is 0 Å². The molecule has 1 aromatic carbocycles. The summed E-state index contributed by atoms with van der Waals surface area (Å²) in [5.41, 5.74) is 4.48. The van der Waals surface area contributed by atoms with Gasteiger partial charge in [-0.1, -0.05) is 18.2 Å². The summed E-state index contributed by atoms with van der Waals surface area (Å²) >= 11 is 0.